The van der Waals surface area contributed by atoms with Crippen molar-refractivity contribution in [2.24, 2.45) is 5.73 Å². The van der Waals surface area contributed by atoms with E-state index in [1.54, 1.807) is 11.8 Å². The Balaban J connectivity index is 1.94. The number of hydrogen-bond acceptors (Lipinski definition) is 5. The molecule has 0 bridgehead atoms. The lowest BCUT2D eigenvalue weighted by Crippen LogP contribution is -2.40. The van der Waals surface area contributed by atoms with E-state index in [0.717, 1.165) is 35.3 Å². The van der Waals surface area contributed by atoms with Gasteiger partial charge in [0.05, 0.1) is 17.9 Å². The summed E-state index contributed by atoms with van der Waals surface area (Å²) in [5, 5.41) is 0. The molecule has 0 unspecified atom stereocenters. The molecule has 0 saturated carbocycles. The van der Waals surface area contributed by atoms with Crippen LogP contribution < -0.4 is 15.5 Å². The lowest BCUT2D eigenvalue weighted by atomic mass is 10.3. The van der Waals surface area contributed by atoms with Crippen molar-refractivity contribution in [1.82, 2.24) is 4.98 Å². The average Bonchev–Trinajstić information content (AvgIpc) is 2.93. The van der Waals surface area contributed by atoms with Crippen molar-refractivity contribution in [2.45, 2.75) is 23.8 Å². The predicted octanol–water partition coefficient (Wildman–Crippen LogP) is 1.88. The van der Waals surface area contributed by atoms with Gasteiger partial charge < -0.3 is 15.5 Å². The second-order valence-corrected chi connectivity index (χ2v) is 6.50. The normalized spacial score (nSPS) is 23.5. The fraction of sp³-hybridized carbons (Fsp3) is 0.538. The molecule has 0 radical (unpaired) electrons. The molecule has 4 nitrogen and oxygen atoms in total. The molecule has 1 saturated heterocycles. The van der Waals surface area contributed by atoms with Crippen LogP contribution in [-0.2, 0) is 0 Å². The number of pyridine rings is 1. The van der Waals surface area contributed by atoms with Gasteiger partial charge in [-0.2, -0.15) is 0 Å². The Morgan fingerprint density at radius 2 is 2.16 bits per heavy atom. The lowest BCUT2D eigenvalue weighted by Gasteiger charge is -2.23. The van der Waals surface area contributed by atoms with Gasteiger partial charge in [-0.3, -0.25) is 0 Å². The van der Waals surface area contributed by atoms with Crippen LogP contribution in [0.2, 0.25) is 0 Å². The van der Waals surface area contributed by atoms with E-state index in [9.17, 15) is 0 Å². The topological polar surface area (TPSA) is 45.4 Å². The van der Waals surface area contributed by atoms with Gasteiger partial charge in [0.1, 0.15) is 10.8 Å². The lowest BCUT2D eigenvalue weighted by molar-refractivity contribution is 0.930. The van der Waals surface area contributed by atoms with Crippen molar-refractivity contribution >= 4 is 40.5 Å². The average molecular weight is 294 g/mol. The van der Waals surface area contributed by atoms with Crippen LogP contribution in [0.15, 0.2) is 17.2 Å². The molecule has 0 spiro atoms. The largest absolute Gasteiger partial charge is 0.357 e. The Kier molecular flexibility index (Phi) is 3.64. The predicted molar refractivity (Wildman–Crippen MR) is 85.4 cm³/mol. The minimum atomic E-state index is -0.0624. The molecule has 0 aliphatic carbocycles. The Morgan fingerprint density at radius 1 is 1.42 bits per heavy atom. The molecule has 19 heavy (non-hydrogen) atoms. The molecule has 0 amide bonds. The molecular weight excluding hydrogens is 276 g/mol. The maximum absolute atomic E-state index is 6.07. The first-order chi connectivity index (χ1) is 9.16. The first-order valence-corrected chi connectivity index (χ1v) is 7.97. The summed E-state index contributed by atoms with van der Waals surface area (Å²) in [5.41, 5.74) is 7.15. The number of thiocarbonyl (C=S) groups is 1. The Morgan fingerprint density at radius 3 is 2.89 bits per heavy atom. The van der Waals surface area contributed by atoms with E-state index in [4.69, 9.17) is 18.0 Å². The third-order valence-corrected chi connectivity index (χ3v) is 5.43. The molecule has 0 aromatic carbocycles. The van der Waals surface area contributed by atoms with Gasteiger partial charge in [-0.05, 0) is 18.9 Å². The number of nitrogens with zero attached hydrogens (tertiary/aromatic N) is 3. The van der Waals surface area contributed by atoms with Gasteiger partial charge in [0.25, 0.3) is 0 Å². The molecule has 1 fully saturated rings. The number of nitrogens with two attached hydrogens (primary N) is 1. The van der Waals surface area contributed by atoms with Crippen LogP contribution in [0.1, 0.15) is 12.8 Å². The maximum atomic E-state index is 6.07. The summed E-state index contributed by atoms with van der Waals surface area (Å²) in [6.45, 7) is 2.23. The van der Waals surface area contributed by atoms with E-state index in [1.807, 2.05) is 18.1 Å². The number of anilines is 2. The van der Waals surface area contributed by atoms with Crippen LogP contribution in [0, 0.1) is 0 Å². The van der Waals surface area contributed by atoms with Crippen molar-refractivity contribution in [3.05, 3.63) is 12.3 Å². The highest BCUT2D eigenvalue weighted by molar-refractivity contribution is 7.99. The molecule has 6 heteroatoms. The van der Waals surface area contributed by atoms with Crippen molar-refractivity contribution in [2.75, 3.05) is 35.7 Å². The molecule has 1 aromatic heterocycles. The highest BCUT2D eigenvalue weighted by atomic mass is 32.2. The first kappa shape index (κ1) is 13.1. The molecule has 2 N–H and O–H groups in total. The summed E-state index contributed by atoms with van der Waals surface area (Å²) >= 11 is 7.18. The molecular formula is C13H18N4S2. The summed E-state index contributed by atoms with van der Waals surface area (Å²) in [7, 11) is 1.98. The Labute approximate surface area is 123 Å². The fourth-order valence-corrected chi connectivity index (χ4v) is 3.85. The van der Waals surface area contributed by atoms with Gasteiger partial charge in [0.2, 0.25) is 0 Å². The zero-order valence-electron chi connectivity index (χ0n) is 11.0. The van der Waals surface area contributed by atoms with E-state index in [0.29, 0.717) is 0 Å². The van der Waals surface area contributed by atoms with Crippen LogP contribution in [0.5, 0.6) is 0 Å². The van der Waals surface area contributed by atoms with E-state index in [2.05, 4.69) is 16.0 Å². The van der Waals surface area contributed by atoms with E-state index in [-0.39, 0.29) is 6.04 Å². The second kappa shape index (κ2) is 5.26. The summed E-state index contributed by atoms with van der Waals surface area (Å²) in [5.74, 6) is 1.91. The zero-order chi connectivity index (χ0) is 13.4. The standard InChI is InChI=1S/C13H18N4S2/c1-16-10-7-15-12(17-4-2-3-5-17)6-11(10)19-8-9(14)13(16)18/h6-7,9H,2-5,8,14H2,1H3/t9-/m0/s1. The van der Waals surface area contributed by atoms with Crippen LogP contribution in [0.25, 0.3) is 0 Å². The summed E-state index contributed by atoms with van der Waals surface area (Å²) in [6, 6.07) is 2.12. The number of aromatic nitrogens is 1. The van der Waals surface area contributed by atoms with E-state index < -0.39 is 0 Å². The minimum absolute atomic E-state index is 0.0624. The summed E-state index contributed by atoms with van der Waals surface area (Å²) < 4.78 is 0. The zero-order valence-corrected chi connectivity index (χ0v) is 12.6. The van der Waals surface area contributed by atoms with Gasteiger partial charge in [0.15, 0.2) is 0 Å². The number of thioether (sulfide) groups is 1. The molecule has 2 aliphatic heterocycles. The quantitative estimate of drug-likeness (QED) is 0.798. The molecule has 1 aromatic rings. The summed E-state index contributed by atoms with van der Waals surface area (Å²) in [6.07, 6.45) is 4.46. The minimum Gasteiger partial charge on any atom is -0.357 e. The van der Waals surface area contributed by atoms with E-state index >= 15 is 0 Å². The van der Waals surface area contributed by atoms with Gasteiger partial charge in [-0.15, -0.1) is 11.8 Å². The van der Waals surface area contributed by atoms with Gasteiger partial charge in [-0.1, -0.05) is 12.2 Å². The Bertz CT molecular complexity index is 499. The third-order valence-electron chi connectivity index (χ3n) is 3.69. The molecule has 3 heterocycles. The molecule has 3 rings (SSSR count). The van der Waals surface area contributed by atoms with Crippen molar-refractivity contribution < 1.29 is 0 Å². The van der Waals surface area contributed by atoms with Gasteiger partial charge in [0, 0.05) is 30.8 Å². The van der Waals surface area contributed by atoms with Crippen LogP contribution in [-0.4, -0.2) is 41.9 Å². The number of rotatable bonds is 1. The number of likely N-dealkylation sites (N-methyl/N-ethyl adjacent to an activating group) is 1. The van der Waals surface area contributed by atoms with Gasteiger partial charge >= 0.3 is 0 Å². The highest BCUT2D eigenvalue weighted by Gasteiger charge is 2.24. The maximum Gasteiger partial charge on any atom is 0.129 e. The molecule has 2 aliphatic rings. The van der Waals surface area contributed by atoms with Crippen LogP contribution in [0.4, 0.5) is 11.5 Å². The highest BCUT2D eigenvalue weighted by Crippen LogP contribution is 2.35. The number of hydrogen-bond donors (Lipinski definition) is 1. The third kappa shape index (κ3) is 2.44. The van der Waals surface area contributed by atoms with Crippen molar-refractivity contribution in [3.8, 4) is 0 Å². The summed E-state index contributed by atoms with van der Waals surface area (Å²) in [4.78, 5) is 11.0. The van der Waals surface area contributed by atoms with Crippen LogP contribution >= 0.6 is 24.0 Å². The van der Waals surface area contributed by atoms with E-state index in [1.165, 1.54) is 17.7 Å². The fourth-order valence-electron chi connectivity index (χ4n) is 2.52. The smallest absolute Gasteiger partial charge is 0.129 e. The number of fused-ring (bicyclic) bond motifs is 1. The van der Waals surface area contributed by atoms with Gasteiger partial charge in [-0.25, -0.2) is 4.98 Å². The monoisotopic (exact) mass is 294 g/mol. The molecule has 102 valence electrons. The first-order valence-electron chi connectivity index (χ1n) is 6.58. The van der Waals surface area contributed by atoms with Crippen molar-refractivity contribution in [1.29, 1.82) is 0 Å². The SMILES string of the molecule is CN1C(=S)[C@@H](N)CSc2cc(N3CCCC3)ncc21. The van der Waals surface area contributed by atoms with Crippen molar-refractivity contribution in [3.63, 3.8) is 0 Å². The second-order valence-electron chi connectivity index (χ2n) is 5.02. The van der Waals surface area contributed by atoms with Crippen LogP contribution in [0.3, 0.4) is 0 Å². The Hall–Kier alpha value is -0.850. The molecule has 1 atom stereocenters.